The first kappa shape index (κ1) is 17.1. The molecule has 0 spiro atoms. The summed E-state index contributed by atoms with van der Waals surface area (Å²) in [6.45, 7) is 3.43. The summed E-state index contributed by atoms with van der Waals surface area (Å²) < 4.78 is 0. The molecule has 2 aliphatic rings. The van der Waals surface area contributed by atoms with Crippen molar-refractivity contribution in [3.05, 3.63) is 45.8 Å². The van der Waals surface area contributed by atoms with Gasteiger partial charge in [0.05, 0.1) is 12.1 Å². The molecule has 134 valence electrons. The van der Waals surface area contributed by atoms with Crippen LogP contribution in [-0.4, -0.2) is 19.0 Å². The number of nitriles is 1. The van der Waals surface area contributed by atoms with Crippen molar-refractivity contribution < 1.29 is 4.79 Å². The highest BCUT2D eigenvalue weighted by Gasteiger charge is 2.26. The first-order valence-corrected chi connectivity index (χ1v) is 10.2. The third kappa shape index (κ3) is 3.10. The number of benzene rings is 1. The average Bonchev–Trinajstić information content (AvgIpc) is 3.21. The number of carbonyl (C=O) groups excluding carboxylic acids is 1. The minimum Gasteiger partial charge on any atom is -0.362 e. The van der Waals surface area contributed by atoms with Crippen LogP contribution in [0, 0.1) is 17.2 Å². The second-order valence-electron chi connectivity index (χ2n) is 7.19. The highest BCUT2D eigenvalue weighted by atomic mass is 32.1. The molecule has 1 N–H and O–H groups in total. The Morgan fingerprint density at radius 1 is 1.38 bits per heavy atom. The van der Waals surface area contributed by atoms with Crippen LogP contribution < -0.4 is 10.2 Å². The maximum atomic E-state index is 12.6. The van der Waals surface area contributed by atoms with Crippen LogP contribution in [0.2, 0.25) is 0 Å². The van der Waals surface area contributed by atoms with Gasteiger partial charge in [0.25, 0.3) is 0 Å². The van der Waals surface area contributed by atoms with E-state index in [0.29, 0.717) is 18.0 Å². The Morgan fingerprint density at radius 2 is 2.23 bits per heavy atom. The number of hydrogen-bond acceptors (Lipinski definition) is 4. The van der Waals surface area contributed by atoms with Gasteiger partial charge in [-0.15, -0.1) is 11.3 Å². The predicted molar refractivity (Wildman–Crippen MR) is 106 cm³/mol. The van der Waals surface area contributed by atoms with Crippen LogP contribution in [-0.2, 0) is 24.1 Å². The molecule has 4 nitrogen and oxygen atoms in total. The van der Waals surface area contributed by atoms with E-state index < -0.39 is 0 Å². The predicted octanol–water partition coefficient (Wildman–Crippen LogP) is 4.14. The molecule has 0 bridgehead atoms. The topological polar surface area (TPSA) is 56.1 Å². The SMILES string of the molecule is CCC1CCc2c(sc(NC(=O)CN3CCc4ccccc43)c2C#N)C1. The van der Waals surface area contributed by atoms with E-state index in [0.717, 1.165) is 42.9 Å². The van der Waals surface area contributed by atoms with Gasteiger partial charge < -0.3 is 10.2 Å². The van der Waals surface area contributed by atoms with E-state index in [1.165, 1.54) is 22.4 Å². The van der Waals surface area contributed by atoms with Crippen LogP contribution >= 0.6 is 11.3 Å². The summed E-state index contributed by atoms with van der Waals surface area (Å²) in [4.78, 5) is 16.0. The van der Waals surface area contributed by atoms with Crippen molar-refractivity contribution in [2.75, 3.05) is 23.3 Å². The molecule has 5 heteroatoms. The fraction of sp³-hybridized carbons (Fsp3) is 0.429. The Bertz CT molecular complexity index is 880. The number of nitrogens with zero attached hydrogens (tertiary/aromatic N) is 2. The minimum absolute atomic E-state index is 0.0381. The molecule has 1 amide bonds. The molecule has 0 fully saturated rings. The highest BCUT2D eigenvalue weighted by molar-refractivity contribution is 7.16. The van der Waals surface area contributed by atoms with Crippen LogP contribution in [0.5, 0.6) is 0 Å². The standard InChI is InChI=1S/C21H23N3OS/c1-2-14-7-8-16-17(12-22)21(26-19(16)11-14)23-20(25)13-24-10-9-15-5-3-4-6-18(15)24/h3-6,14H,2,7-11,13H2,1H3,(H,23,25). The Morgan fingerprint density at radius 3 is 3.04 bits per heavy atom. The quantitative estimate of drug-likeness (QED) is 0.886. The lowest BCUT2D eigenvalue weighted by Crippen LogP contribution is -2.31. The number of amides is 1. The summed E-state index contributed by atoms with van der Waals surface area (Å²) in [6.07, 6.45) is 5.31. The second-order valence-corrected chi connectivity index (χ2v) is 8.29. The normalized spacial score (nSPS) is 18.2. The molecule has 4 rings (SSSR count). The lowest BCUT2D eigenvalue weighted by Gasteiger charge is -2.20. The van der Waals surface area contributed by atoms with Gasteiger partial charge >= 0.3 is 0 Å². The van der Waals surface area contributed by atoms with Crippen LogP contribution in [0.25, 0.3) is 0 Å². The summed E-state index contributed by atoms with van der Waals surface area (Å²) in [6, 6.07) is 10.6. The molecule has 1 atom stereocenters. The lowest BCUT2D eigenvalue weighted by molar-refractivity contribution is -0.114. The fourth-order valence-electron chi connectivity index (χ4n) is 4.12. The Hall–Kier alpha value is -2.32. The second kappa shape index (κ2) is 7.13. The third-order valence-electron chi connectivity index (χ3n) is 5.63. The summed E-state index contributed by atoms with van der Waals surface area (Å²) in [5.41, 5.74) is 4.31. The van der Waals surface area contributed by atoms with Crippen molar-refractivity contribution in [1.82, 2.24) is 0 Å². The van der Waals surface area contributed by atoms with Crippen molar-refractivity contribution >= 4 is 27.9 Å². The monoisotopic (exact) mass is 365 g/mol. The molecule has 1 unspecified atom stereocenters. The largest absolute Gasteiger partial charge is 0.362 e. The van der Waals surface area contributed by atoms with Crippen LogP contribution in [0.1, 0.15) is 41.3 Å². The molecule has 2 aromatic rings. The number of anilines is 2. The van der Waals surface area contributed by atoms with Crippen molar-refractivity contribution in [2.45, 2.75) is 39.0 Å². The molecule has 0 saturated heterocycles. The zero-order valence-corrected chi connectivity index (χ0v) is 15.9. The van der Waals surface area contributed by atoms with Gasteiger partial charge in [-0.25, -0.2) is 0 Å². The molecule has 26 heavy (non-hydrogen) atoms. The van der Waals surface area contributed by atoms with E-state index in [4.69, 9.17) is 0 Å². The molecule has 2 heterocycles. The summed E-state index contributed by atoms with van der Waals surface area (Å²) in [5, 5.41) is 13.4. The van der Waals surface area contributed by atoms with Gasteiger partial charge in [0.2, 0.25) is 5.91 Å². The summed E-state index contributed by atoms with van der Waals surface area (Å²) in [7, 11) is 0. The van der Waals surface area contributed by atoms with Crippen LogP contribution in [0.3, 0.4) is 0 Å². The van der Waals surface area contributed by atoms with E-state index in [1.54, 1.807) is 11.3 Å². The van der Waals surface area contributed by atoms with Crippen LogP contribution in [0.15, 0.2) is 24.3 Å². The van der Waals surface area contributed by atoms with E-state index >= 15 is 0 Å². The zero-order valence-electron chi connectivity index (χ0n) is 15.0. The Kier molecular flexibility index (Phi) is 4.69. The molecular weight excluding hydrogens is 342 g/mol. The Labute approximate surface area is 158 Å². The molecule has 1 aromatic heterocycles. The average molecular weight is 366 g/mol. The maximum absolute atomic E-state index is 12.6. The fourth-order valence-corrected chi connectivity index (χ4v) is 5.45. The lowest BCUT2D eigenvalue weighted by atomic mass is 9.86. The summed E-state index contributed by atoms with van der Waals surface area (Å²) in [5.74, 6) is 0.668. The van der Waals surface area contributed by atoms with E-state index in [9.17, 15) is 10.1 Å². The Balaban J connectivity index is 1.49. The third-order valence-corrected chi connectivity index (χ3v) is 6.80. The number of nitrogens with one attached hydrogen (secondary N) is 1. The number of hydrogen-bond donors (Lipinski definition) is 1. The number of rotatable bonds is 4. The number of carbonyl (C=O) groups is 1. The van der Waals surface area contributed by atoms with Crippen LogP contribution in [0.4, 0.5) is 10.7 Å². The smallest absolute Gasteiger partial charge is 0.244 e. The van der Waals surface area contributed by atoms with E-state index in [-0.39, 0.29) is 5.91 Å². The number of thiophene rings is 1. The number of para-hydroxylation sites is 1. The van der Waals surface area contributed by atoms with Gasteiger partial charge in [0.15, 0.2) is 0 Å². The van der Waals surface area contributed by atoms with Gasteiger partial charge in [-0.05, 0) is 48.8 Å². The molecular formula is C21H23N3OS. The minimum atomic E-state index is -0.0381. The molecule has 1 aromatic carbocycles. The summed E-state index contributed by atoms with van der Waals surface area (Å²) >= 11 is 1.60. The van der Waals surface area contributed by atoms with E-state index in [2.05, 4.69) is 35.3 Å². The maximum Gasteiger partial charge on any atom is 0.244 e. The van der Waals surface area contributed by atoms with Gasteiger partial charge in [0, 0.05) is 17.1 Å². The van der Waals surface area contributed by atoms with Crippen molar-refractivity contribution in [1.29, 1.82) is 5.26 Å². The van der Waals surface area contributed by atoms with Gasteiger partial charge in [-0.1, -0.05) is 31.5 Å². The van der Waals surface area contributed by atoms with Crippen molar-refractivity contribution in [3.63, 3.8) is 0 Å². The van der Waals surface area contributed by atoms with Gasteiger partial charge in [0.1, 0.15) is 11.1 Å². The van der Waals surface area contributed by atoms with Gasteiger partial charge in [-0.2, -0.15) is 5.26 Å². The van der Waals surface area contributed by atoms with Gasteiger partial charge in [-0.3, -0.25) is 4.79 Å². The first-order valence-electron chi connectivity index (χ1n) is 9.37. The molecule has 1 aliphatic heterocycles. The zero-order chi connectivity index (χ0) is 18.1. The molecule has 1 aliphatic carbocycles. The highest BCUT2D eigenvalue weighted by Crippen LogP contribution is 2.40. The first-order chi connectivity index (χ1) is 12.7. The van der Waals surface area contributed by atoms with E-state index in [1.807, 2.05) is 12.1 Å². The number of fused-ring (bicyclic) bond motifs is 2. The van der Waals surface area contributed by atoms with Crippen molar-refractivity contribution in [3.8, 4) is 6.07 Å². The molecule has 0 saturated carbocycles. The van der Waals surface area contributed by atoms with Crippen molar-refractivity contribution in [2.24, 2.45) is 5.92 Å². The molecule has 0 radical (unpaired) electrons.